The highest BCUT2D eigenvalue weighted by Gasteiger charge is 2.59. The Morgan fingerprint density at radius 1 is 1.40 bits per heavy atom. The van der Waals surface area contributed by atoms with E-state index in [1.54, 1.807) is 7.11 Å². The van der Waals surface area contributed by atoms with E-state index in [9.17, 15) is 9.90 Å². The molecule has 1 aromatic carbocycles. The van der Waals surface area contributed by atoms with Crippen LogP contribution in [0.3, 0.4) is 0 Å². The first-order valence-electron chi connectivity index (χ1n) is 9.41. The molecule has 134 valence electrons. The van der Waals surface area contributed by atoms with Crippen molar-refractivity contribution in [2.45, 2.75) is 55.8 Å². The average molecular weight is 343 g/mol. The van der Waals surface area contributed by atoms with Crippen LogP contribution in [0.15, 0.2) is 18.2 Å². The molecule has 1 saturated carbocycles. The lowest BCUT2D eigenvalue weighted by Crippen LogP contribution is -2.68. The van der Waals surface area contributed by atoms with Crippen LogP contribution in [0.4, 0.5) is 0 Å². The van der Waals surface area contributed by atoms with E-state index in [1.807, 2.05) is 6.07 Å². The molecule has 0 amide bonds. The van der Waals surface area contributed by atoms with Gasteiger partial charge in [-0.3, -0.25) is 4.90 Å². The fourth-order valence-electron chi connectivity index (χ4n) is 5.29. The predicted octanol–water partition coefficient (Wildman–Crippen LogP) is 1.65. The van der Waals surface area contributed by atoms with Crippen molar-refractivity contribution < 1.29 is 19.4 Å². The van der Waals surface area contributed by atoms with E-state index in [-0.39, 0.29) is 17.6 Å². The maximum absolute atomic E-state index is 12.1. The van der Waals surface area contributed by atoms with Gasteiger partial charge in [-0.15, -0.1) is 0 Å². The molecule has 4 aliphatic rings. The molecule has 5 nitrogen and oxygen atoms in total. The van der Waals surface area contributed by atoms with E-state index in [1.165, 1.54) is 24.0 Å². The first kappa shape index (κ1) is 15.6. The molecule has 1 N–H and O–H groups in total. The third-order valence-corrected chi connectivity index (χ3v) is 6.75. The number of aliphatic hydroxyl groups is 1. The highest BCUT2D eigenvalue weighted by atomic mass is 16.6. The molecule has 0 aromatic heterocycles. The zero-order valence-electron chi connectivity index (χ0n) is 14.6. The third kappa shape index (κ3) is 2.32. The number of likely N-dealkylation sites (tertiary alicyclic amines) is 1. The summed E-state index contributed by atoms with van der Waals surface area (Å²) in [6.07, 6.45) is 3.76. The van der Waals surface area contributed by atoms with Gasteiger partial charge in [0.25, 0.3) is 0 Å². The zero-order valence-corrected chi connectivity index (χ0v) is 14.6. The van der Waals surface area contributed by atoms with Gasteiger partial charge < -0.3 is 14.6 Å². The van der Waals surface area contributed by atoms with Crippen molar-refractivity contribution in [2.75, 3.05) is 20.2 Å². The molecule has 0 spiro atoms. The van der Waals surface area contributed by atoms with Gasteiger partial charge in [0, 0.05) is 12.0 Å². The van der Waals surface area contributed by atoms with Crippen LogP contribution >= 0.6 is 0 Å². The fourth-order valence-corrected chi connectivity index (χ4v) is 5.29. The van der Waals surface area contributed by atoms with E-state index in [0.717, 1.165) is 37.6 Å². The van der Waals surface area contributed by atoms with Crippen LogP contribution < -0.4 is 4.74 Å². The van der Waals surface area contributed by atoms with Crippen LogP contribution in [0.1, 0.15) is 36.8 Å². The standard InChI is InChI=1S/C20H25NO4/c1-24-14-5-4-13-8-16-18-20(15(13)9-14,10-17(22)19(23)25-18)6-7-21(16)11-12-2-3-12/h4-5,9,12,16-18,22H,2-3,6-8,10-11H2,1H3/t16-,17?,18?,20-/m1/s1. The first-order valence-corrected chi connectivity index (χ1v) is 9.41. The van der Waals surface area contributed by atoms with Gasteiger partial charge in [-0.1, -0.05) is 6.07 Å². The summed E-state index contributed by atoms with van der Waals surface area (Å²) in [5.41, 5.74) is 2.25. The molecular formula is C20H25NO4. The second-order valence-corrected chi connectivity index (χ2v) is 8.22. The smallest absolute Gasteiger partial charge is 0.335 e. The van der Waals surface area contributed by atoms with Crippen LogP contribution in [0.25, 0.3) is 0 Å². The minimum absolute atomic E-state index is 0.157. The quantitative estimate of drug-likeness (QED) is 0.846. The number of carbonyl (C=O) groups excluding carboxylic acids is 1. The molecular weight excluding hydrogens is 318 g/mol. The Morgan fingerprint density at radius 2 is 2.24 bits per heavy atom. The lowest BCUT2D eigenvalue weighted by atomic mass is 9.58. The normalized spacial score (nSPS) is 37.0. The number of ether oxygens (including phenoxy) is 2. The summed E-state index contributed by atoms with van der Waals surface area (Å²) in [7, 11) is 1.68. The maximum Gasteiger partial charge on any atom is 0.335 e. The number of aliphatic hydroxyl groups excluding tert-OH is 1. The van der Waals surface area contributed by atoms with Gasteiger partial charge in [0.15, 0.2) is 6.10 Å². The number of methoxy groups -OCH3 is 1. The number of hydrogen-bond donors (Lipinski definition) is 1. The number of piperidine rings is 1. The summed E-state index contributed by atoms with van der Waals surface area (Å²) in [5.74, 6) is 1.19. The Bertz CT molecular complexity index is 716. The van der Waals surface area contributed by atoms with Crippen LogP contribution in [-0.2, 0) is 21.4 Å². The van der Waals surface area contributed by atoms with Gasteiger partial charge in [0.2, 0.25) is 0 Å². The highest BCUT2D eigenvalue weighted by Crippen LogP contribution is 2.52. The van der Waals surface area contributed by atoms with E-state index in [2.05, 4.69) is 17.0 Å². The largest absolute Gasteiger partial charge is 0.497 e. The maximum atomic E-state index is 12.1. The van der Waals surface area contributed by atoms with Gasteiger partial charge in [-0.25, -0.2) is 4.79 Å². The molecule has 4 atom stereocenters. The molecule has 5 heteroatoms. The topological polar surface area (TPSA) is 59.0 Å². The third-order valence-electron chi connectivity index (χ3n) is 6.75. The summed E-state index contributed by atoms with van der Waals surface area (Å²) in [4.78, 5) is 14.7. The van der Waals surface area contributed by atoms with Crippen LogP contribution in [-0.4, -0.2) is 54.4 Å². The molecule has 3 fully saturated rings. The minimum atomic E-state index is -1.02. The molecule has 2 aliphatic carbocycles. The van der Waals surface area contributed by atoms with Crippen molar-refractivity contribution in [3.63, 3.8) is 0 Å². The molecule has 2 heterocycles. The molecule has 25 heavy (non-hydrogen) atoms. The van der Waals surface area contributed by atoms with Gasteiger partial charge in [-0.2, -0.15) is 0 Å². The van der Waals surface area contributed by atoms with Crippen LogP contribution in [0.2, 0.25) is 0 Å². The van der Waals surface area contributed by atoms with Gasteiger partial charge in [-0.05, 0) is 67.8 Å². The summed E-state index contributed by atoms with van der Waals surface area (Å²) < 4.78 is 11.3. The highest BCUT2D eigenvalue weighted by molar-refractivity contribution is 5.76. The minimum Gasteiger partial charge on any atom is -0.497 e. The number of nitrogens with zero attached hydrogens (tertiary/aromatic N) is 1. The summed E-state index contributed by atoms with van der Waals surface area (Å²) in [6, 6.07) is 6.50. The van der Waals surface area contributed by atoms with E-state index < -0.39 is 12.1 Å². The number of fused-ring (bicyclic) bond motifs is 1. The lowest BCUT2D eigenvalue weighted by molar-refractivity contribution is -0.191. The Balaban J connectivity index is 1.60. The lowest BCUT2D eigenvalue weighted by Gasteiger charge is -2.58. The Hall–Kier alpha value is -1.59. The number of esters is 1. The van der Waals surface area contributed by atoms with Crippen LogP contribution in [0, 0.1) is 5.92 Å². The van der Waals surface area contributed by atoms with Crippen molar-refractivity contribution in [3.8, 4) is 5.75 Å². The second kappa shape index (κ2) is 5.45. The zero-order chi connectivity index (χ0) is 17.2. The monoisotopic (exact) mass is 343 g/mol. The molecule has 0 radical (unpaired) electrons. The molecule has 2 bridgehead atoms. The predicted molar refractivity (Wildman–Crippen MR) is 91.6 cm³/mol. The SMILES string of the molecule is COc1ccc2c(c1)[C@]13CCN(CC4CC4)[C@H](C2)C1OC(=O)C(O)C3. The number of benzene rings is 1. The fraction of sp³-hybridized carbons (Fsp3) is 0.650. The van der Waals surface area contributed by atoms with Crippen LogP contribution in [0.5, 0.6) is 5.75 Å². The molecule has 2 unspecified atom stereocenters. The van der Waals surface area contributed by atoms with Crippen molar-refractivity contribution in [1.82, 2.24) is 4.90 Å². The van der Waals surface area contributed by atoms with Gasteiger partial charge in [0.05, 0.1) is 13.2 Å². The Morgan fingerprint density at radius 3 is 3.00 bits per heavy atom. The van der Waals surface area contributed by atoms with E-state index in [0.29, 0.717) is 6.42 Å². The Kier molecular flexibility index (Phi) is 3.41. The number of hydrogen-bond acceptors (Lipinski definition) is 5. The van der Waals surface area contributed by atoms with Crippen molar-refractivity contribution in [2.24, 2.45) is 5.92 Å². The number of carbonyl (C=O) groups is 1. The van der Waals surface area contributed by atoms with Crippen molar-refractivity contribution in [3.05, 3.63) is 29.3 Å². The van der Waals surface area contributed by atoms with Crippen molar-refractivity contribution >= 4 is 5.97 Å². The van der Waals surface area contributed by atoms with Crippen molar-refractivity contribution in [1.29, 1.82) is 0 Å². The first-order chi connectivity index (χ1) is 12.1. The number of rotatable bonds is 3. The molecule has 5 rings (SSSR count). The van der Waals surface area contributed by atoms with E-state index >= 15 is 0 Å². The summed E-state index contributed by atoms with van der Waals surface area (Å²) in [6.45, 7) is 2.13. The summed E-state index contributed by atoms with van der Waals surface area (Å²) in [5, 5.41) is 10.3. The second-order valence-electron chi connectivity index (χ2n) is 8.22. The molecule has 2 saturated heterocycles. The summed E-state index contributed by atoms with van der Waals surface area (Å²) >= 11 is 0. The average Bonchev–Trinajstić information content (AvgIpc) is 3.42. The molecule has 2 aliphatic heterocycles. The van der Waals surface area contributed by atoms with Gasteiger partial charge in [0.1, 0.15) is 11.9 Å². The van der Waals surface area contributed by atoms with E-state index in [4.69, 9.17) is 9.47 Å². The molecule has 1 aromatic rings. The Labute approximate surface area is 147 Å². The van der Waals surface area contributed by atoms with Gasteiger partial charge >= 0.3 is 5.97 Å².